The number of ether oxygens (including phenoxy) is 2. The number of rotatable bonds is 5. The third-order valence-electron chi connectivity index (χ3n) is 2.84. The Labute approximate surface area is 140 Å². The maximum Gasteiger partial charge on any atom is 0.343 e. The van der Waals surface area contributed by atoms with Crippen molar-refractivity contribution in [2.75, 3.05) is 7.11 Å². The van der Waals surface area contributed by atoms with Crippen molar-refractivity contribution in [3.63, 3.8) is 0 Å². The Hall–Kier alpha value is -2.67. The average molecular weight is 378 g/mol. The fraction of sp³-hybridized carbons (Fsp3) is 0.0625. The summed E-state index contributed by atoms with van der Waals surface area (Å²) in [5.41, 5.74) is 0.944. The molecule has 0 fully saturated rings. The van der Waals surface area contributed by atoms with E-state index in [0.717, 1.165) is 10.7 Å². The number of carbonyl (C=O) groups excluding carboxylic acids is 1. The molecule has 0 radical (unpaired) electrons. The van der Waals surface area contributed by atoms with Crippen molar-refractivity contribution in [1.82, 2.24) is 0 Å². The van der Waals surface area contributed by atoms with Crippen molar-refractivity contribution in [3.8, 4) is 11.5 Å². The van der Waals surface area contributed by atoms with E-state index in [-0.39, 0.29) is 5.75 Å². The molecule has 0 aliphatic rings. The highest BCUT2D eigenvalue weighted by Gasteiger charge is 2.13. The summed E-state index contributed by atoms with van der Waals surface area (Å²) in [5.74, 6) is 0.00718. The lowest BCUT2D eigenvalue weighted by Gasteiger charge is -2.10. The molecular formula is C16H12BrNO5. The van der Waals surface area contributed by atoms with Gasteiger partial charge in [0, 0.05) is 10.5 Å². The number of halogens is 1. The first-order chi connectivity index (χ1) is 11.0. The first-order valence-corrected chi connectivity index (χ1v) is 7.26. The standard InChI is InChI=1S/C16H12BrNO5/c1-22-15-9-11(7-8-18(20)21)5-6-14(15)23-16(19)12-3-2-4-13(17)10-12/h2-10H,1H3/b8-7+. The molecule has 0 aromatic heterocycles. The summed E-state index contributed by atoms with van der Waals surface area (Å²) in [6.45, 7) is 0. The largest absolute Gasteiger partial charge is 0.493 e. The van der Waals surface area contributed by atoms with Crippen molar-refractivity contribution < 1.29 is 19.2 Å². The van der Waals surface area contributed by atoms with Gasteiger partial charge in [-0.2, -0.15) is 0 Å². The molecule has 2 aromatic carbocycles. The van der Waals surface area contributed by atoms with Gasteiger partial charge in [-0.3, -0.25) is 10.1 Å². The molecule has 0 saturated carbocycles. The SMILES string of the molecule is COc1cc(/C=C/[N+](=O)[O-])ccc1OC(=O)c1cccc(Br)c1. The zero-order chi connectivity index (χ0) is 16.8. The fourth-order valence-electron chi connectivity index (χ4n) is 1.79. The molecule has 0 amide bonds. The van der Waals surface area contributed by atoms with Crippen molar-refractivity contribution in [1.29, 1.82) is 0 Å². The van der Waals surface area contributed by atoms with E-state index in [1.54, 1.807) is 36.4 Å². The van der Waals surface area contributed by atoms with Gasteiger partial charge in [-0.25, -0.2) is 4.79 Å². The highest BCUT2D eigenvalue weighted by Crippen LogP contribution is 2.29. The summed E-state index contributed by atoms with van der Waals surface area (Å²) in [7, 11) is 1.42. The number of nitrogens with zero attached hydrogens (tertiary/aromatic N) is 1. The predicted molar refractivity (Wildman–Crippen MR) is 88.1 cm³/mol. The van der Waals surface area contributed by atoms with Gasteiger partial charge in [0.05, 0.1) is 17.6 Å². The summed E-state index contributed by atoms with van der Waals surface area (Å²) < 4.78 is 11.2. The molecule has 6 nitrogen and oxygen atoms in total. The van der Waals surface area contributed by atoms with Crippen LogP contribution in [-0.2, 0) is 0 Å². The molecule has 0 heterocycles. The number of esters is 1. The van der Waals surface area contributed by atoms with Crippen LogP contribution in [0.3, 0.4) is 0 Å². The van der Waals surface area contributed by atoms with Gasteiger partial charge in [0.25, 0.3) is 0 Å². The molecular weight excluding hydrogens is 366 g/mol. The third-order valence-corrected chi connectivity index (χ3v) is 3.33. The molecule has 118 valence electrons. The molecule has 23 heavy (non-hydrogen) atoms. The van der Waals surface area contributed by atoms with Crippen molar-refractivity contribution in [3.05, 3.63) is 74.4 Å². The lowest BCUT2D eigenvalue weighted by molar-refractivity contribution is -0.400. The van der Waals surface area contributed by atoms with Gasteiger partial charge in [-0.15, -0.1) is 0 Å². The van der Waals surface area contributed by atoms with E-state index in [2.05, 4.69) is 15.9 Å². The normalized spacial score (nSPS) is 10.5. The zero-order valence-corrected chi connectivity index (χ0v) is 13.6. The number of hydrogen-bond acceptors (Lipinski definition) is 5. The number of hydrogen-bond donors (Lipinski definition) is 0. The monoisotopic (exact) mass is 377 g/mol. The van der Waals surface area contributed by atoms with E-state index in [9.17, 15) is 14.9 Å². The molecule has 2 aromatic rings. The van der Waals surface area contributed by atoms with Gasteiger partial charge in [0.1, 0.15) is 0 Å². The molecule has 0 saturated heterocycles. The van der Waals surface area contributed by atoms with Crippen LogP contribution < -0.4 is 9.47 Å². The minimum atomic E-state index is -0.562. The second-order valence-corrected chi connectivity index (χ2v) is 5.33. The number of benzene rings is 2. The topological polar surface area (TPSA) is 78.7 Å². The van der Waals surface area contributed by atoms with E-state index in [1.807, 2.05) is 0 Å². The summed E-state index contributed by atoms with van der Waals surface area (Å²) in [4.78, 5) is 21.9. The molecule has 0 atom stereocenters. The highest BCUT2D eigenvalue weighted by atomic mass is 79.9. The Kier molecular flexibility index (Phi) is 5.48. The maximum atomic E-state index is 12.1. The summed E-state index contributed by atoms with van der Waals surface area (Å²) in [5, 5.41) is 10.3. The van der Waals surface area contributed by atoms with E-state index >= 15 is 0 Å². The molecule has 0 bridgehead atoms. The first kappa shape index (κ1) is 16.7. The zero-order valence-electron chi connectivity index (χ0n) is 12.1. The fourth-order valence-corrected chi connectivity index (χ4v) is 2.19. The Balaban J connectivity index is 2.22. The molecule has 0 aliphatic carbocycles. The van der Waals surface area contributed by atoms with Crippen LogP contribution in [0.5, 0.6) is 11.5 Å². The van der Waals surface area contributed by atoms with Crippen molar-refractivity contribution in [2.24, 2.45) is 0 Å². The minimum absolute atomic E-state index is 0.232. The Morgan fingerprint density at radius 2 is 2.00 bits per heavy atom. The van der Waals surface area contributed by atoms with Gasteiger partial charge in [-0.05, 0) is 35.9 Å². The summed E-state index contributed by atoms with van der Waals surface area (Å²) >= 11 is 3.29. The second kappa shape index (κ2) is 7.55. The minimum Gasteiger partial charge on any atom is -0.493 e. The first-order valence-electron chi connectivity index (χ1n) is 6.47. The van der Waals surface area contributed by atoms with E-state index in [1.165, 1.54) is 19.3 Å². The van der Waals surface area contributed by atoms with Gasteiger partial charge >= 0.3 is 5.97 Å². The molecule has 7 heteroatoms. The van der Waals surface area contributed by atoms with E-state index < -0.39 is 10.9 Å². The van der Waals surface area contributed by atoms with Crippen LogP contribution in [0.2, 0.25) is 0 Å². The predicted octanol–water partition coefficient (Wildman–Crippen LogP) is 3.92. The van der Waals surface area contributed by atoms with Crippen molar-refractivity contribution in [2.45, 2.75) is 0 Å². The van der Waals surface area contributed by atoms with Crippen LogP contribution in [0.1, 0.15) is 15.9 Å². The Morgan fingerprint density at radius 3 is 2.65 bits per heavy atom. The van der Waals surface area contributed by atoms with Crippen LogP contribution >= 0.6 is 15.9 Å². The Morgan fingerprint density at radius 1 is 1.22 bits per heavy atom. The molecule has 0 N–H and O–H groups in total. The quantitative estimate of drug-likeness (QED) is 0.341. The molecule has 0 spiro atoms. The number of methoxy groups -OCH3 is 1. The third kappa shape index (κ3) is 4.65. The van der Waals surface area contributed by atoms with Crippen LogP contribution in [0.25, 0.3) is 6.08 Å². The van der Waals surface area contributed by atoms with Gasteiger partial charge in [0.15, 0.2) is 11.5 Å². The van der Waals surface area contributed by atoms with Crippen LogP contribution in [0.4, 0.5) is 0 Å². The van der Waals surface area contributed by atoms with E-state index in [4.69, 9.17) is 9.47 Å². The second-order valence-electron chi connectivity index (χ2n) is 4.41. The lowest BCUT2D eigenvalue weighted by Crippen LogP contribution is -2.09. The maximum absolute atomic E-state index is 12.1. The van der Waals surface area contributed by atoms with Gasteiger partial charge < -0.3 is 9.47 Å². The van der Waals surface area contributed by atoms with Crippen LogP contribution in [0.15, 0.2) is 53.1 Å². The lowest BCUT2D eigenvalue weighted by atomic mass is 10.2. The van der Waals surface area contributed by atoms with E-state index in [0.29, 0.717) is 16.9 Å². The van der Waals surface area contributed by atoms with Crippen LogP contribution in [-0.4, -0.2) is 18.0 Å². The summed E-state index contributed by atoms with van der Waals surface area (Å²) in [6.07, 6.45) is 2.14. The molecule has 2 rings (SSSR count). The molecule has 0 unspecified atom stereocenters. The number of nitro groups is 1. The van der Waals surface area contributed by atoms with Crippen molar-refractivity contribution >= 4 is 28.0 Å². The van der Waals surface area contributed by atoms with Gasteiger partial charge in [0.2, 0.25) is 6.20 Å². The van der Waals surface area contributed by atoms with Gasteiger partial charge in [-0.1, -0.05) is 28.1 Å². The average Bonchev–Trinajstić information content (AvgIpc) is 2.53. The number of carbonyl (C=O) groups is 1. The Bertz CT molecular complexity index is 773. The smallest absolute Gasteiger partial charge is 0.343 e. The highest BCUT2D eigenvalue weighted by molar-refractivity contribution is 9.10. The molecule has 0 aliphatic heterocycles. The van der Waals surface area contributed by atoms with Crippen LogP contribution in [0, 0.1) is 10.1 Å². The summed E-state index contributed by atoms with van der Waals surface area (Å²) in [6, 6.07) is 11.5.